The molecule has 0 spiro atoms. The molecular weight excluding hydrogens is 451 g/mol. The van der Waals surface area contributed by atoms with Crippen LogP contribution in [0.25, 0.3) is 28.5 Å². The van der Waals surface area contributed by atoms with Crippen LogP contribution in [-0.4, -0.2) is 80.1 Å². The van der Waals surface area contributed by atoms with Crippen LogP contribution in [0.15, 0.2) is 52.9 Å². The summed E-state index contributed by atoms with van der Waals surface area (Å²) in [5.74, 6) is 1.19. The van der Waals surface area contributed by atoms with E-state index >= 15 is 0 Å². The van der Waals surface area contributed by atoms with Gasteiger partial charge in [0.25, 0.3) is 10.1 Å². The van der Waals surface area contributed by atoms with E-state index in [0.29, 0.717) is 22.8 Å². The van der Waals surface area contributed by atoms with Crippen molar-refractivity contribution in [2.24, 2.45) is 16.7 Å². The van der Waals surface area contributed by atoms with Crippen molar-refractivity contribution in [3.05, 3.63) is 53.6 Å². The van der Waals surface area contributed by atoms with Crippen molar-refractivity contribution in [2.75, 3.05) is 0 Å². The Labute approximate surface area is 230 Å². The molecule has 1 radical (unpaired) electrons. The SMILES string of the molecule is CC12CCC(C(=Cc3ccc(-c4nc5ccc(S(=O)(=O)O)cc5[nH]4)cc3)C1=O)C2(C)C.[K]. The number of allylic oxidation sites excluding steroid dienone is 1. The van der Waals surface area contributed by atoms with Gasteiger partial charge in [-0.2, -0.15) is 8.42 Å². The number of Topliss-reactive ketones (excluding diaryl/α,β-unsaturated/α-hetero) is 1. The Bertz CT molecular complexity index is 1370. The van der Waals surface area contributed by atoms with Crippen LogP contribution in [0.4, 0.5) is 0 Å². The second kappa shape index (κ2) is 7.97. The maximum Gasteiger partial charge on any atom is 0.294 e. The summed E-state index contributed by atoms with van der Waals surface area (Å²) in [6.07, 6.45) is 4.05. The molecule has 2 N–H and O–H groups in total. The molecule has 2 bridgehead atoms. The Kier molecular flexibility index (Phi) is 5.98. The molecule has 1 heterocycles. The predicted molar refractivity (Wildman–Crippen MR) is 125 cm³/mol. The summed E-state index contributed by atoms with van der Waals surface area (Å²) < 4.78 is 31.9. The third kappa shape index (κ3) is 3.60. The summed E-state index contributed by atoms with van der Waals surface area (Å²) in [4.78, 5) is 20.5. The standard InChI is InChI=1S/C24H24N2O4S.K/c1-23(2)18-10-11-24(23,3)21(27)17(18)12-14-4-6-15(7-5-14)22-25-19-9-8-16(31(28,29)30)13-20(19)26-22;/h4-9,12-13,18H,10-11H2,1-3H3,(H,25,26)(H,28,29,30);. The summed E-state index contributed by atoms with van der Waals surface area (Å²) in [5, 5.41) is 0. The average Bonchev–Trinajstić information content (AvgIpc) is 3.27. The minimum Gasteiger partial charge on any atom is -0.338 e. The van der Waals surface area contributed by atoms with Gasteiger partial charge in [-0.15, -0.1) is 0 Å². The summed E-state index contributed by atoms with van der Waals surface area (Å²) in [6.45, 7) is 6.53. The zero-order chi connectivity index (χ0) is 22.2. The van der Waals surface area contributed by atoms with Crippen LogP contribution in [0, 0.1) is 16.7 Å². The second-order valence-corrected chi connectivity index (χ2v) is 10.9. The molecule has 6 nitrogen and oxygen atoms in total. The van der Waals surface area contributed by atoms with Gasteiger partial charge in [0.15, 0.2) is 5.78 Å². The molecule has 1 aromatic heterocycles. The fourth-order valence-corrected chi connectivity index (χ4v) is 5.80. The van der Waals surface area contributed by atoms with Gasteiger partial charge in [-0.3, -0.25) is 9.35 Å². The van der Waals surface area contributed by atoms with Crippen LogP contribution in [0.1, 0.15) is 39.2 Å². The Hall–Kier alpha value is -1.13. The summed E-state index contributed by atoms with van der Waals surface area (Å²) in [7, 11) is -4.27. The molecule has 32 heavy (non-hydrogen) atoms. The fourth-order valence-electron chi connectivity index (χ4n) is 5.30. The number of benzene rings is 2. The smallest absolute Gasteiger partial charge is 0.294 e. The first kappa shape index (κ1) is 24.0. The van der Waals surface area contributed by atoms with E-state index in [4.69, 9.17) is 0 Å². The molecule has 3 aromatic rings. The van der Waals surface area contributed by atoms with Gasteiger partial charge >= 0.3 is 0 Å². The minimum atomic E-state index is -4.27. The summed E-state index contributed by atoms with van der Waals surface area (Å²) >= 11 is 0. The van der Waals surface area contributed by atoms with Gasteiger partial charge in [0.1, 0.15) is 5.82 Å². The monoisotopic (exact) mass is 475 g/mol. The number of H-pyrrole nitrogens is 1. The van der Waals surface area contributed by atoms with Crippen molar-refractivity contribution in [2.45, 2.75) is 38.5 Å². The Balaban J connectivity index is 0.00000245. The number of carbonyl (C=O) groups excluding carboxylic acids is 1. The van der Waals surface area contributed by atoms with Crippen molar-refractivity contribution in [3.8, 4) is 11.4 Å². The first-order valence-electron chi connectivity index (χ1n) is 10.3. The summed E-state index contributed by atoms with van der Waals surface area (Å²) in [5.41, 5.74) is 3.62. The third-order valence-electron chi connectivity index (χ3n) is 7.62. The number of nitrogens with one attached hydrogen (secondary N) is 1. The van der Waals surface area contributed by atoms with Crippen LogP contribution in [0.3, 0.4) is 0 Å². The van der Waals surface area contributed by atoms with Crippen molar-refractivity contribution in [1.29, 1.82) is 0 Å². The number of hydrogen-bond donors (Lipinski definition) is 2. The van der Waals surface area contributed by atoms with Crippen LogP contribution in [-0.2, 0) is 14.9 Å². The van der Waals surface area contributed by atoms with E-state index in [1.807, 2.05) is 30.3 Å². The number of nitrogens with zero attached hydrogens (tertiary/aromatic N) is 1. The maximum absolute atomic E-state index is 13.1. The molecule has 2 aromatic carbocycles. The van der Waals surface area contributed by atoms with E-state index in [1.165, 1.54) is 12.1 Å². The first-order chi connectivity index (χ1) is 14.5. The molecule has 0 saturated heterocycles. The maximum atomic E-state index is 13.1. The number of aromatic amines is 1. The average molecular weight is 476 g/mol. The Morgan fingerprint density at radius 2 is 1.81 bits per heavy atom. The van der Waals surface area contributed by atoms with Gasteiger partial charge in [0, 0.05) is 62.4 Å². The number of imidazole rings is 1. The molecule has 2 atom stereocenters. The molecule has 0 aliphatic heterocycles. The minimum absolute atomic E-state index is 0. The second-order valence-electron chi connectivity index (χ2n) is 9.44. The van der Waals surface area contributed by atoms with Crippen LogP contribution in [0.2, 0.25) is 0 Å². The number of ketones is 1. The normalized spacial score (nSPS) is 25.4. The van der Waals surface area contributed by atoms with E-state index in [9.17, 15) is 17.8 Å². The zero-order valence-corrected chi connectivity index (χ0v) is 22.6. The zero-order valence-electron chi connectivity index (χ0n) is 18.6. The van der Waals surface area contributed by atoms with Crippen LogP contribution < -0.4 is 0 Å². The largest absolute Gasteiger partial charge is 0.338 e. The van der Waals surface area contributed by atoms with Gasteiger partial charge in [-0.05, 0) is 59.6 Å². The molecule has 8 heteroatoms. The van der Waals surface area contributed by atoms with Gasteiger partial charge < -0.3 is 4.98 Å². The van der Waals surface area contributed by atoms with Crippen LogP contribution in [0.5, 0.6) is 0 Å². The predicted octanol–water partition coefficient (Wildman–Crippen LogP) is 4.50. The number of hydrogen-bond acceptors (Lipinski definition) is 4. The van der Waals surface area contributed by atoms with Crippen molar-refractivity contribution < 1.29 is 17.8 Å². The topological polar surface area (TPSA) is 100 Å². The van der Waals surface area contributed by atoms with E-state index in [2.05, 4.69) is 30.7 Å². The number of carbonyl (C=O) groups is 1. The Morgan fingerprint density at radius 1 is 1.12 bits per heavy atom. The van der Waals surface area contributed by atoms with E-state index in [-0.39, 0.29) is 72.9 Å². The van der Waals surface area contributed by atoms with E-state index in [1.54, 1.807) is 6.07 Å². The number of rotatable bonds is 3. The van der Waals surface area contributed by atoms with E-state index < -0.39 is 10.1 Å². The molecule has 5 rings (SSSR count). The molecule has 2 unspecified atom stereocenters. The van der Waals surface area contributed by atoms with Crippen LogP contribution >= 0.6 is 0 Å². The van der Waals surface area contributed by atoms with Gasteiger partial charge in [0.05, 0.1) is 15.9 Å². The van der Waals surface area contributed by atoms with Crippen molar-refractivity contribution >= 4 is 84.4 Å². The number of fused-ring (bicyclic) bond motifs is 3. The van der Waals surface area contributed by atoms with E-state index in [0.717, 1.165) is 29.5 Å². The van der Waals surface area contributed by atoms with Crippen molar-refractivity contribution in [3.63, 3.8) is 0 Å². The molecular formula is C24H24KN2O4S. The van der Waals surface area contributed by atoms with Crippen molar-refractivity contribution in [1.82, 2.24) is 9.97 Å². The summed E-state index contributed by atoms with van der Waals surface area (Å²) in [6, 6.07) is 12.0. The first-order valence-corrected chi connectivity index (χ1v) is 11.8. The third-order valence-corrected chi connectivity index (χ3v) is 8.47. The molecule has 2 aliphatic rings. The molecule has 2 fully saturated rings. The molecule has 0 amide bonds. The van der Waals surface area contributed by atoms with Gasteiger partial charge in [0.2, 0.25) is 0 Å². The molecule has 161 valence electrons. The molecule has 2 aliphatic carbocycles. The number of aromatic nitrogens is 2. The van der Waals surface area contributed by atoms with Gasteiger partial charge in [-0.1, -0.05) is 45.0 Å². The van der Waals surface area contributed by atoms with Gasteiger partial charge in [-0.25, -0.2) is 4.98 Å². The fraction of sp³-hybridized carbons (Fsp3) is 0.333. The Morgan fingerprint density at radius 3 is 2.41 bits per heavy atom. The quantitative estimate of drug-likeness (QED) is 0.330. The molecule has 2 saturated carbocycles.